The van der Waals surface area contributed by atoms with Crippen LogP contribution >= 0.6 is 11.8 Å². The molecule has 1 heterocycles. The van der Waals surface area contributed by atoms with Gasteiger partial charge in [0.2, 0.25) is 5.91 Å². The van der Waals surface area contributed by atoms with Gasteiger partial charge in [-0.2, -0.15) is 11.8 Å². The van der Waals surface area contributed by atoms with Gasteiger partial charge in [0, 0.05) is 11.3 Å². The van der Waals surface area contributed by atoms with E-state index in [0.29, 0.717) is 11.9 Å². The molecule has 2 aliphatic rings. The molecule has 0 aromatic heterocycles. The predicted molar refractivity (Wildman–Crippen MR) is 86.9 cm³/mol. The van der Waals surface area contributed by atoms with Gasteiger partial charge in [0.15, 0.2) is 0 Å². The molecule has 2 fully saturated rings. The molecule has 2 rings (SSSR count). The molecule has 116 valence electrons. The first-order chi connectivity index (χ1) is 9.71. The monoisotopic (exact) mass is 298 g/mol. The molecule has 20 heavy (non-hydrogen) atoms. The van der Waals surface area contributed by atoms with Crippen LogP contribution in [0.3, 0.4) is 0 Å². The number of rotatable bonds is 6. The zero-order valence-corrected chi connectivity index (χ0v) is 14.0. The van der Waals surface area contributed by atoms with Crippen LogP contribution in [0.1, 0.15) is 65.2 Å². The van der Waals surface area contributed by atoms with Gasteiger partial charge in [0.25, 0.3) is 0 Å². The number of nitrogens with zero attached hydrogens (tertiary/aromatic N) is 1. The van der Waals surface area contributed by atoms with Gasteiger partial charge in [0.05, 0.1) is 12.2 Å². The fraction of sp³-hybridized carbons (Fsp3) is 0.938. The molecule has 1 saturated carbocycles. The number of amides is 1. The lowest BCUT2D eigenvalue weighted by molar-refractivity contribution is -0.133. The van der Waals surface area contributed by atoms with Crippen molar-refractivity contribution in [1.82, 2.24) is 10.2 Å². The van der Waals surface area contributed by atoms with Crippen LogP contribution in [-0.2, 0) is 4.79 Å². The minimum atomic E-state index is 0.0752. The average Bonchev–Trinajstić information content (AvgIpc) is 2.76. The molecule has 0 spiro atoms. The van der Waals surface area contributed by atoms with Crippen LogP contribution in [0.5, 0.6) is 0 Å². The van der Waals surface area contributed by atoms with Gasteiger partial charge in [-0.3, -0.25) is 10.1 Å². The summed E-state index contributed by atoms with van der Waals surface area (Å²) in [5.74, 6) is 0.372. The summed E-state index contributed by atoms with van der Waals surface area (Å²) in [7, 11) is 0. The van der Waals surface area contributed by atoms with Crippen molar-refractivity contribution in [3.05, 3.63) is 0 Å². The van der Waals surface area contributed by atoms with Gasteiger partial charge < -0.3 is 4.90 Å². The summed E-state index contributed by atoms with van der Waals surface area (Å²) in [6.45, 7) is 4.37. The Morgan fingerprint density at radius 2 is 2.00 bits per heavy atom. The Morgan fingerprint density at radius 1 is 1.25 bits per heavy atom. The third-order valence-electron chi connectivity index (χ3n) is 4.75. The number of hydrogen-bond acceptors (Lipinski definition) is 3. The van der Waals surface area contributed by atoms with E-state index < -0.39 is 0 Å². The lowest BCUT2D eigenvalue weighted by Gasteiger charge is -2.37. The van der Waals surface area contributed by atoms with Crippen LogP contribution in [0.2, 0.25) is 0 Å². The molecule has 4 heteroatoms. The van der Waals surface area contributed by atoms with Crippen molar-refractivity contribution >= 4 is 17.7 Å². The molecule has 4 atom stereocenters. The van der Waals surface area contributed by atoms with E-state index in [1.807, 2.05) is 11.8 Å². The van der Waals surface area contributed by atoms with Gasteiger partial charge >= 0.3 is 0 Å². The largest absolute Gasteiger partial charge is 0.323 e. The van der Waals surface area contributed by atoms with Crippen molar-refractivity contribution in [3.8, 4) is 0 Å². The Balaban J connectivity index is 2.07. The van der Waals surface area contributed by atoms with E-state index in [9.17, 15) is 4.79 Å². The summed E-state index contributed by atoms with van der Waals surface area (Å²) in [6, 6.07) is 0.547. The number of carbonyl (C=O) groups excluding carboxylic acids is 1. The molecule has 0 radical (unpaired) electrons. The molecule has 1 amide bonds. The van der Waals surface area contributed by atoms with Crippen LogP contribution in [0.25, 0.3) is 0 Å². The molecule has 1 saturated heterocycles. The quantitative estimate of drug-likeness (QED) is 0.816. The van der Waals surface area contributed by atoms with Gasteiger partial charge in [-0.25, -0.2) is 0 Å². The van der Waals surface area contributed by atoms with Gasteiger partial charge in [-0.15, -0.1) is 0 Å². The normalized spacial score (nSPS) is 34.8. The Kier molecular flexibility index (Phi) is 6.21. The lowest BCUT2D eigenvalue weighted by atomic mass is 9.93. The standard InChI is InChI=1S/C16H30N2OS/c1-4-7-14-16(19)18(15(17-14)8-5-2)12-9-6-10-13(11-12)20-3/h12-15,17H,4-11H2,1-3H3. The van der Waals surface area contributed by atoms with Crippen molar-refractivity contribution < 1.29 is 4.79 Å². The first kappa shape index (κ1) is 16.2. The summed E-state index contributed by atoms with van der Waals surface area (Å²) in [4.78, 5) is 15.0. The predicted octanol–water partition coefficient (Wildman–Crippen LogP) is 3.39. The van der Waals surface area contributed by atoms with Gasteiger partial charge in [-0.05, 0) is 38.4 Å². The van der Waals surface area contributed by atoms with E-state index in [2.05, 4.69) is 30.3 Å². The summed E-state index contributed by atoms with van der Waals surface area (Å²) < 4.78 is 0. The van der Waals surface area contributed by atoms with Crippen LogP contribution in [0, 0.1) is 0 Å². The number of thioether (sulfide) groups is 1. The lowest BCUT2D eigenvalue weighted by Crippen LogP contribution is -2.47. The molecule has 3 nitrogen and oxygen atoms in total. The zero-order chi connectivity index (χ0) is 14.5. The molecular weight excluding hydrogens is 268 g/mol. The van der Waals surface area contributed by atoms with E-state index in [4.69, 9.17) is 0 Å². The summed E-state index contributed by atoms with van der Waals surface area (Å²) in [6.07, 6.45) is 11.8. The molecule has 0 aromatic rings. The zero-order valence-electron chi connectivity index (χ0n) is 13.2. The molecule has 0 bridgehead atoms. The molecule has 1 N–H and O–H groups in total. The maximum Gasteiger partial charge on any atom is 0.241 e. The van der Waals surface area contributed by atoms with Crippen LogP contribution in [0.4, 0.5) is 0 Å². The number of nitrogens with one attached hydrogen (secondary N) is 1. The fourth-order valence-corrected chi connectivity index (χ4v) is 4.55. The van der Waals surface area contributed by atoms with Crippen molar-refractivity contribution in [3.63, 3.8) is 0 Å². The molecule has 4 unspecified atom stereocenters. The number of hydrogen-bond donors (Lipinski definition) is 1. The van der Waals surface area contributed by atoms with E-state index in [1.165, 1.54) is 25.7 Å². The SMILES string of the molecule is CCCC1NC(CCC)N(C2CCCC(SC)C2)C1=O. The van der Waals surface area contributed by atoms with E-state index in [-0.39, 0.29) is 12.2 Å². The van der Waals surface area contributed by atoms with Gasteiger partial charge in [-0.1, -0.05) is 33.1 Å². The van der Waals surface area contributed by atoms with Crippen LogP contribution in [-0.4, -0.2) is 40.6 Å². The molecule has 0 aromatic carbocycles. The highest BCUT2D eigenvalue weighted by atomic mass is 32.2. The average molecular weight is 298 g/mol. The Bertz CT molecular complexity index is 324. The van der Waals surface area contributed by atoms with Crippen molar-refractivity contribution in [2.75, 3.05) is 6.26 Å². The highest BCUT2D eigenvalue weighted by Gasteiger charge is 2.42. The second-order valence-electron chi connectivity index (χ2n) is 6.24. The van der Waals surface area contributed by atoms with Crippen molar-refractivity contribution in [1.29, 1.82) is 0 Å². The third-order valence-corrected chi connectivity index (χ3v) is 5.84. The van der Waals surface area contributed by atoms with Crippen molar-refractivity contribution in [2.45, 2.75) is 88.7 Å². The van der Waals surface area contributed by atoms with E-state index >= 15 is 0 Å². The first-order valence-electron chi connectivity index (χ1n) is 8.32. The molecule has 1 aliphatic heterocycles. The van der Waals surface area contributed by atoms with Crippen molar-refractivity contribution in [2.24, 2.45) is 0 Å². The summed E-state index contributed by atoms with van der Waals surface area (Å²) in [5, 5.41) is 4.34. The third kappa shape index (κ3) is 3.51. The van der Waals surface area contributed by atoms with E-state index in [1.54, 1.807) is 0 Å². The Morgan fingerprint density at radius 3 is 2.65 bits per heavy atom. The Hall–Kier alpha value is -0.220. The second-order valence-corrected chi connectivity index (χ2v) is 7.37. The second kappa shape index (κ2) is 7.69. The maximum absolute atomic E-state index is 12.7. The summed E-state index contributed by atoms with van der Waals surface area (Å²) >= 11 is 1.98. The highest BCUT2D eigenvalue weighted by molar-refractivity contribution is 7.99. The smallest absolute Gasteiger partial charge is 0.241 e. The minimum Gasteiger partial charge on any atom is -0.323 e. The van der Waals surface area contributed by atoms with Gasteiger partial charge in [0.1, 0.15) is 0 Å². The first-order valence-corrected chi connectivity index (χ1v) is 9.61. The minimum absolute atomic E-state index is 0.0752. The highest BCUT2D eigenvalue weighted by Crippen LogP contribution is 2.33. The fourth-order valence-electron chi connectivity index (χ4n) is 3.73. The summed E-state index contributed by atoms with van der Waals surface area (Å²) in [5.41, 5.74) is 0. The number of carbonyl (C=O) groups is 1. The topological polar surface area (TPSA) is 32.3 Å². The maximum atomic E-state index is 12.7. The molecular formula is C16H30N2OS. The molecule has 1 aliphatic carbocycles. The Labute approximate surface area is 128 Å². The van der Waals surface area contributed by atoms with E-state index in [0.717, 1.165) is 30.9 Å². The van der Waals surface area contributed by atoms with Crippen LogP contribution in [0.15, 0.2) is 0 Å². The van der Waals surface area contributed by atoms with Crippen LogP contribution < -0.4 is 5.32 Å².